The van der Waals surface area contributed by atoms with Gasteiger partial charge >= 0.3 is 0 Å². The van der Waals surface area contributed by atoms with Crippen molar-refractivity contribution in [2.75, 3.05) is 0 Å². The quantitative estimate of drug-likeness (QED) is 0.798. The van der Waals surface area contributed by atoms with Crippen LogP contribution in [-0.4, -0.2) is 28.6 Å². The largest absolute Gasteiger partial charge is 0.328 e. The first-order chi connectivity index (χ1) is 7.54. The van der Waals surface area contributed by atoms with Crippen LogP contribution in [0, 0.1) is 0 Å². The lowest BCUT2D eigenvalue weighted by molar-refractivity contribution is -0.0476. The summed E-state index contributed by atoms with van der Waals surface area (Å²) in [7, 11) is 0. The van der Waals surface area contributed by atoms with Crippen molar-refractivity contribution in [3.8, 4) is 0 Å². The highest BCUT2D eigenvalue weighted by Crippen LogP contribution is 2.39. The van der Waals surface area contributed by atoms with Gasteiger partial charge in [0.05, 0.1) is 0 Å². The Morgan fingerprint density at radius 2 is 1.75 bits per heavy atom. The minimum atomic E-state index is 0.380. The van der Waals surface area contributed by atoms with Crippen LogP contribution in [0.5, 0.6) is 0 Å². The predicted octanol–water partition coefficient (Wildman–Crippen LogP) is 2.91. The lowest BCUT2D eigenvalue weighted by Gasteiger charge is -2.55. The van der Waals surface area contributed by atoms with E-state index in [9.17, 15) is 0 Å². The molecule has 2 aliphatic heterocycles. The number of hydrogen-bond donors (Lipinski definition) is 1. The molecule has 2 heterocycles. The van der Waals surface area contributed by atoms with E-state index in [2.05, 4.69) is 25.7 Å². The summed E-state index contributed by atoms with van der Waals surface area (Å²) in [6.07, 6.45) is 9.22. The normalized spacial score (nSPS) is 36.4. The van der Waals surface area contributed by atoms with Crippen molar-refractivity contribution in [2.45, 2.75) is 89.4 Å². The first-order valence-corrected chi connectivity index (χ1v) is 7.08. The van der Waals surface area contributed by atoms with Gasteiger partial charge in [0.2, 0.25) is 0 Å². The standard InChI is InChI=1S/C14H28N2/c1-4-8-14(2,3)16-12-6-5-7-13(16)10-11(15)9-12/h11-13H,4-10,15H2,1-3H3. The predicted molar refractivity (Wildman–Crippen MR) is 69.5 cm³/mol. The van der Waals surface area contributed by atoms with E-state index in [0.29, 0.717) is 11.6 Å². The molecular formula is C14H28N2. The fourth-order valence-corrected chi connectivity index (χ4v) is 4.15. The molecule has 0 aliphatic carbocycles. The number of hydrogen-bond acceptors (Lipinski definition) is 2. The second-order valence-electron chi connectivity index (χ2n) is 6.44. The highest BCUT2D eigenvalue weighted by molar-refractivity contribution is 5.00. The molecule has 0 aromatic heterocycles. The highest BCUT2D eigenvalue weighted by Gasteiger charge is 2.43. The third-order valence-corrected chi connectivity index (χ3v) is 4.57. The van der Waals surface area contributed by atoms with Gasteiger partial charge in [0, 0.05) is 23.7 Å². The number of nitrogens with zero attached hydrogens (tertiary/aromatic N) is 1. The Morgan fingerprint density at radius 3 is 2.25 bits per heavy atom. The molecule has 2 atom stereocenters. The molecule has 2 aliphatic rings. The average molecular weight is 224 g/mol. The fraction of sp³-hybridized carbons (Fsp3) is 1.00. The fourth-order valence-electron chi connectivity index (χ4n) is 4.15. The maximum Gasteiger partial charge on any atom is 0.0159 e. The van der Waals surface area contributed by atoms with Crippen molar-refractivity contribution in [2.24, 2.45) is 5.73 Å². The number of nitrogens with two attached hydrogens (primary N) is 1. The lowest BCUT2D eigenvalue weighted by Crippen LogP contribution is -2.62. The minimum Gasteiger partial charge on any atom is -0.328 e. The summed E-state index contributed by atoms with van der Waals surface area (Å²) < 4.78 is 0. The lowest BCUT2D eigenvalue weighted by atomic mass is 9.77. The van der Waals surface area contributed by atoms with Crippen LogP contribution < -0.4 is 5.73 Å². The van der Waals surface area contributed by atoms with Crippen molar-refractivity contribution in [1.29, 1.82) is 0 Å². The summed E-state index contributed by atoms with van der Waals surface area (Å²) >= 11 is 0. The van der Waals surface area contributed by atoms with Gasteiger partial charge in [-0.2, -0.15) is 0 Å². The summed E-state index contributed by atoms with van der Waals surface area (Å²) in [6.45, 7) is 7.16. The molecule has 2 nitrogen and oxygen atoms in total. The molecule has 2 N–H and O–H groups in total. The molecule has 0 saturated carbocycles. The van der Waals surface area contributed by atoms with Gasteiger partial charge in [-0.1, -0.05) is 19.8 Å². The first kappa shape index (κ1) is 12.4. The van der Waals surface area contributed by atoms with E-state index in [1.807, 2.05) is 0 Å². The van der Waals surface area contributed by atoms with Crippen molar-refractivity contribution in [3.63, 3.8) is 0 Å². The summed E-state index contributed by atoms with van der Waals surface area (Å²) in [5, 5.41) is 0. The first-order valence-electron chi connectivity index (χ1n) is 7.08. The van der Waals surface area contributed by atoms with Crippen LogP contribution >= 0.6 is 0 Å². The van der Waals surface area contributed by atoms with Crippen LogP contribution in [0.15, 0.2) is 0 Å². The number of fused-ring (bicyclic) bond motifs is 2. The van der Waals surface area contributed by atoms with Crippen LogP contribution in [0.25, 0.3) is 0 Å². The Labute approximate surface area is 101 Å². The van der Waals surface area contributed by atoms with E-state index < -0.39 is 0 Å². The summed E-state index contributed by atoms with van der Waals surface area (Å²) in [4.78, 5) is 2.82. The van der Waals surface area contributed by atoms with Gasteiger partial charge in [-0.05, 0) is 46.0 Å². The molecule has 0 spiro atoms. The Bertz CT molecular complexity index is 223. The van der Waals surface area contributed by atoms with Crippen LogP contribution in [0.3, 0.4) is 0 Å². The van der Waals surface area contributed by atoms with Crippen molar-refractivity contribution in [1.82, 2.24) is 4.90 Å². The molecule has 0 aromatic rings. The van der Waals surface area contributed by atoms with Crippen LogP contribution in [0.4, 0.5) is 0 Å². The van der Waals surface area contributed by atoms with E-state index in [-0.39, 0.29) is 0 Å². The smallest absolute Gasteiger partial charge is 0.0159 e. The number of rotatable bonds is 3. The van der Waals surface area contributed by atoms with Crippen LogP contribution in [0.1, 0.15) is 65.7 Å². The van der Waals surface area contributed by atoms with Crippen LogP contribution in [0.2, 0.25) is 0 Å². The third kappa shape index (κ3) is 2.28. The SMILES string of the molecule is CCCC(C)(C)N1C2CCCC1CC(N)C2. The van der Waals surface area contributed by atoms with Crippen molar-refractivity contribution < 1.29 is 0 Å². The molecule has 2 fully saturated rings. The summed E-state index contributed by atoms with van der Waals surface area (Å²) in [6, 6.07) is 2.00. The Balaban J connectivity index is 2.13. The summed E-state index contributed by atoms with van der Waals surface area (Å²) in [5.41, 5.74) is 6.56. The Morgan fingerprint density at radius 1 is 1.19 bits per heavy atom. The van der Waals surface area contributed by atoms with Gasteiger partial charge in [-0.25, -0.2) is 0 Å². The van der Waals surface area contributed by atoms with Gasteiger partial charge in [-0.15, -0.1) is 0 Å². The Hall–Kier alpha value is -0.0800. The van der Waals surface area contributed by atoms with Gasteiger partial charge in [-0.3, -0.25) is 4.90 Å². The van der Waals surface area contributed by atoms with E-state index in [4.69, 9.17) is 5.73 Å². The van der Waals surface area contributed by atoms with E-state index >= 15 is 0 Å². The molecule has 0 aromatic carbocycles. The topological polar surface area (TPSA) is 29.3 Å². The van der Waals surface area contributed by atoms with E-state index in [1.54, 1.807) is 0 Å². The van der Waals surface area contributed by atoms with E-state index in [0.717, 1.165) is 12.1 Å². The van der Waals surface area contributed by atoms with Gasteiger partial charge in [0.15, 0.2) is 0 Å². The number of piperidine rings is 2. The van der Waals surface area contributed by atoms with Gasteiger partial charge < -0.3 is 5.73 Å². The minimum absolute atomic E-state index is 0.380. The maximum atomic E-state index is 6.18. The zero-order chi connectivity index (χ0) is 11.8. The van der Waals surface area contributed by atoms with Gasteiger partial charge in [0.1, 0.15) is 0 Å². The Kier molecular flexibility index (Phi) is 3.60. The molecule has 16 heavy (non-hydrogen) atoms. The second-order valence-corrected chi connectivity index (χ2v) is 6.44. The highest BCUT2D eigenvalue weighted by atomic mass is 15.3. The molecule has 2 bridgehead atoms. The molecule has 2 heteroatoms. The van der Waals surface area contributed by atoms with Crippen LogP contribution in [-0.2, 0) is 0 Å². The zero-order valence-electron chi connectivity index (χ0n) is 11.2. The molecule has 2 saturated heterocycles. The second kappa shape index (κ2) is 4.66. The van der Waals surface area contributed by atoms with Gasteiger partial charge in [0.25, 0.3) is 0 Å². The molecule has 2 unspecified atom stereocenters. The molecule has 0 amide bonds. The van der Waals surface area contributed by atoms with E-state index in [1.165, 1.54) is 44.9 Å². The third-order valence-electron chi connectivity index (χ3n) is 4.57. The average Bonchev–Trinajstić information content (AvgIpc) is 2.15. The maximum absolute atomic E-state index is 6.18. The molecule has 2 rings (SSSR count). The molecular weight excluding hydrogens is 196 g/mol. The summed E-state index contributed by atoms with van der Waals surface area (Å²) in [5.74, 6) is 0. The van der Waals surface area contributed by atoms with Crippen molar-refractivity contribution >= 4 is 0 Å². The monoisotopic (exact) mass is 224 g/mol. The molecule has 0 radical (unpaired) electrons. The van der Waals surface area contributed by atoms with Crippen molar-refractivity contribution in [3.05, 3.63) is 0 Å². The zero-order valence-corrected chi connectivity index (χ0v) is 11.2. The molecule has 94 valence electrons.